The molecule has 0 saturated heterocycles. The standard InChI is InChI=1S/C15H18N2O3/c1-15(14(19)20,12-7-3-2-4-8-12)11-13(18)17-10-6-5-9-16/h2-4,7-8H,5-6,10-11H2,1H3,(H,17,18)(H,19,20). The smallest absolute Gasteiger partial charge is 0.314 e. The molecule has 106 valence electrons. The highest BCUT2D eigenvalue weighted by atomic mass is 16.4. The Morgan fingerprint density at radius 1 is 1.35 bits per heavy atom. The molecule has 1 rings (SSSR count). The maximum Gasteiger partial charge on any atom is 0.314 e. The van der Waals surface area contributed by atoms with E-state index in [0.717, 1.165) is 0 Å². The number of unbranched alkanes of at least 4 members (excludes halogenated alkanes) is 1. The molecule has 0 bridgehead atoms. The molecule has 0 spiro atoms. The molecule has 0 heterocycles. The quantitative estimate of drug-likeness (QED) is 0.742. The Bertz CT molecular complexity index is 508. The maximum atomic E-state index is 11.8. The third-order valence-corrected chi connectivity index (χ3v) is 3.18. The second-order valence-electron chi connectivity index (χ2n) is 4.79. The van der Waals surface area contributed by atoms with Crippen LogP contribution in [0.25, 0.3) is 0 Å². The van der Waals surface area contributed by atoms with Crippen molar-refractivity contribution in [3.8, 4) is 6.07 Å². The Hall–Kier alpha value is -2.35. The molecular weight excluding hydrogens is 256 g/mol. The van der Waals surface area contributed by atoms with Gasteiger partial charge in [-0.3, -0.25) is 9.59 Å². The summed E-state index contributed by atoms with van der Waals surface area (Å²) in [5, 5.41) is 20.5. The van der Waals surface area contributed by atoms with Crippen molar-refractivity contribution < 1.29 is 14.7 Å². The molecule has 1 aromatic carbocycles. The molecule has 0 aliphatic rings. The van der Waals surface area contributed by atoms with E-state index >= 15 is 0 Å². The van der Waals surface area contributed by atoms with Crippen LogP contribution >= 0.6 is 0 Å². The third kappa shape index (κ3) is 4.09. The van der Waals surface area contributed by atoms with Gasteiger partial charge in [-0.2, -0.15) is 5.26 Å². The number of carboxylic acid groups (broad SMARTS) is 1. The zero-order valence-electron chi connectivity index (χ0n) is 11.4. The number of carbonyl (C=O) groups is 2. The number of hydrogen-bond donors (Lipinski definition) is 2. The zero-order valence-corrected chi connectivity index (χ0v) is 11.4. The van der Waals surface area contributed by atoms with Crippen molar-refractivity contribution in [2.75, 3.05) is 6.54 Å². The molecule has 0 saturated carbocycles. The number of aliphatic carboxylic acids is 1. The highest BCUT2D eigenvalue weighted by molar-refractivity contribution is 5.89. The molecule has 20 heavy (non-hydrogen) atoms. The van der Waals surface area contributed by atoms with Gasteiger partial charge in [0.05, 0.1) is 11.5 Å². The Morgan fingerprint density at radius 2 is 2.00 bits per heavy atom. The van der Waals surface area contributed by atoms with E-state index in [1.807, 2.05) is 6.07 Å². The van der Waals surface area contributed by atoms with Crippen molar-refractivity contribution in [3.63, 3.8) is 0 Å². The summed E-state index contributed by atoms with van der Waals surface area (Å²) in [5.74, 6) is -1.35. The molecule has 1 atom stereocenters. The average molecular weight is 274 g/mol. The molecule has 0 fully saturated rings. The number of nitrogens with zero attached hydrogens (tertiary/aromatic N) is 1. The lowest BCUT2D eigenvalue weighted by atomic mass is 9.79. The number of amides is 1. The highest BCUT2D eigenvalue weighted by Crippen LogP contribution is 2.27. The van der Waals surface area contributed by atoms with Gasteiger partial charge >= 0.3 is 5.97 Å². The van der Waals surface area contributed by atoms with E-state index in [-0.39, 0.29) is 12.3 Å². The predicted octanol–water partition coefficient (Wildman–Crippen LogP) is 1.84. The molecule has 1 aromatic rings. The number of nitriles is 1. The summed E-state index contributed by atoms with van der Waals surface area (Å²) in [6.07, 6.45) is 0.811. The highest BCUT2D eigenvalue weighted by Gasteiger charge is 2.37. The van der Waals surface area contributed by atoms with Crippen LogP contribution in [0, 0.1) is 11.3 Å². The number of nitrogens with one attached hydrogen (secondary N) is 1. The van der Waals surface area contributed by atoms with Crippen LogP contribution in [0.15, 0.2) is 30.3 Å². The van der Waals surface area contributed by atoms with Crippen LogP contribution in [-0.2, 0) is 15.0 Å². The fraction of sp³-hybridized carbons (Fsp3) is 0.400. The van der Waals surface area contributed by atoms with E-state index in [4.69, 9.17) is 5.26 Å². The lowest BCUT2D eigenvalue weighted by Gasteiger charge is -2.24. The van der Waals surface area contributed by atoms with Crippen LogP contribution in [-0.4, -0.2) is 23.5 Å². The molecular formula is C15H18N2O3. The Morgan fingerprint density at radius 3 is 2.55 bits per heavy atom. The van der Waals surface area contributed by atoms with Crippen molar-refractivity contribution >= 4 is 11.9 Å². The van der Waals surface area contributed by atoms with Gasteiger partial charge in [-0.1, -0.05) is 30.3 Å². The number of carbonyl (C=O) groups excluding carboxylic acids is 1. The van der Waals surface area contributed by atoms with Gasteiger partial charge in [-0.15, -0.1) is 0 Å². The summed E-state index contributed by atoms with van der Waals surface area (Å²) in [6, 6.07) is 10.7. The number of rotatable bonds is 7. The fourth-order valence-corrected chi connectivity index (χ4v) is 1.89. The van der Waals surface area contributed by atoms with Crippen molar-refractivity contribution in [2.24, 2.45) is 0 Å². The number of benzene rings is 1. The molecule has 1 amide bonds. The van der Waals surface area contributed by atoms with Crippen molar-refractivity contribution in [2.45, 2.75) is 31.6 Å². The maximum absolute atomic E-state index is 11.8. The summed E-state index contributed by atoms with van der Waals surface area (Å²) < 4.78 is 0. The van der Waals surface area contributed by atoms with E-state index in [1.54, 1.807) is 37.3 Å². The first kappa shape index (κ1) is 15.7. The minimum Gasteiger partial charge on any atom is -0.481 e. The van der Waals surface area contributed by atoms with Gasteiger partial charge in [0.1, 0.15) is 0 Å². The second kappa shape index (κ2) is 7.29. The molecule has 1 unspecified atom stereocenters. The molecule has 5 nitrogen and oxygen atoms in total. The first-order valence-electron chi connectivity index (χ1n) is 6.43. The Balaban J connectivity index is 2.71. The summed E-state index contributed by atoms with van der Waals surface area (Å²) in [4.78, 5) is 23.4. The van der Waals surface area contributed by atoms with Gasteiger partial charge in [0.15, 0.2) is 0 Å². The van der Waals surface area contributed by atoms with Gasteiger partial charge in [-0.05, 0) is 18.9 Å². The van der Waals surface area contributed by atoms with E-state index in [0.29, 0.717) is 24.9 Å². The van der Waals surface area contributed by atoms with Crippen LogP contribution < -0.4 is 5.32 Å². The van der Waals surface area contributed by atoms with E-state index in [1.165, 1.54) is 0 Å². The summed E-state index contributed by atoms with van der Waals surface area (Å²) >= 11 is 0. The molecule has 0 aliphatic heterocycles. The molecule has 2 N–H and O–H groups in total. The molecule has 0 aromatic heterocycles. The van der Waals surface area contributed by atoms with Crippen LogP contribution in [0.3, 0.4) is 0 Å². The molecule has 0 aliphatic carbocycles. The monoisotopic (exact) mass is 274 g/mol. The van der Waals surface area contributed by atoms with E-state index in [2.05, 4.69) is 5.32 Å². The summed E-state index contributed by atoms with van der Waals surface area (Å²) in [6.45, 7) is 1.93. The zero-order chi connectivity index (χ0) is 15.0. The SMILES string of the molecule is CC(CC(=O)NCCCC#N)(C(=O)O)c1ccccc1. The van der Waals surface area contributed by atoms with Crippen LogP contribution in [0.5, 0.6) is 0 Å². The fourth-order valence-electron chi connectivity index (χ4n) is 1.89. The summed E-state index contributed by atoms with van der Waals surface area (Å²) in [5.41, 5.74) is -0.653. The van der Waals surface area contributed by atoms with Gasteiger partial charge in [0, 0.05) is 19.4 Å². The minimum absolute atomic E-state index is 0.126. The van der Waals surface area contributed by atoms with Crippen molar-refractivity contribution in [3.05, 3.63) is 35.9 Å². The summed E-state index contributed by atoms with van der Waals surface area (Å²) in [7, 11) is 0. The Labute approximate surface area is 118 Å². The van der Waals surface area contributed by atoms with Crippen LogP contribution in [0.2, 0.25) is 0 Å². The number of hydrogen-bond acceptors (Lipinski definition) is 3. The van der Waals surface area contributed by atoms with Crippen molar-refractivity contribution in [1.29, 1.82) is 5.26 Å². The van der Waals surface area contributed by atoms with Crippen LogP contribution in [0.1, 0.15) is 31.7 Å². The lowest BCUT2D eigenvalue weighted by molar-refractivity contribution is -0.145. The largest absolute Gasteiger partial charge is 0.481 e. The van der Waals surface area contributed by atoms with E-state index < -0.39 is 11.4 Å². The molecule has 0 radical (unpaired) electrons. The van der Waals surface area contributed by atoms with E-state index in [9.17, 15) is 14.7 Å². The average Bonchev–Trinajstić information content (AvgIpc) is 2.44. The van der Waals surface area contributed by atoms with Gasteiger partial charge in [0.2, 0.25) is 5.91 Å². The minimum atomic E-state index is -1.25. The first-order chi connectivity index (χ1) is 9.50. The topological polar surface area (TPSA) is 90.2 Å². The third-order valence-electron chi connectivity index (χ3n) is 3.18. The van der Waals surface area contributed by atoms with Gasteiger partial charge in [-0.25, -0.2) is 0 Å². The van der Waals surface area contributed by atoms with Crippen LogP contribution in [0.4, 0.5) is 0 Å². The lowest BCUT2D eigenvalue weighted by Crippen LogP contribution is -2.39. The first-order valence-corrected chi connectivity index (χ1v) is 6.43. The predicted molar refractivity (Wildman–Crippen MR) is 73.9 cm³/mol. The number of carboxylic acids is 1. The molecule has 5 heteroatoms. The van der Waals surface area contributed by atoms with Crippen molar-refractivity contribution in [1.82, 2.24) is 5.32 Å². The van der Waals surface area contributed by atoms with Gasteiger partial charge < -0.3 is 10.4 Å². The Kier molecular flexibility index (Phi) is 5.73. The normalized spacial score (nSPS) is 13.0. The van der Waals surface area contributed by atoms with Gasteiger partial charge in [0.25, 0.3) is 0 Å². The second-order valence-corrected chi connectivity index (χ2v) is 4.79.